The number of esters is 1. The predicted octanol–water partition coefficient (Wildman–Crippen LogP) is 4.41. The number of aryl methyl sites for hydroxylation is 4. The van der Waals surface area contributed by atoms with Gasteiger partial charge in [-0.15, -0.1) is 0 Å². The third-order valence-electron chi connectivity index (χ3n) is 11.4. The van der Waals surface area contributed by atoms with Crippen LogP contribution in [0.4, 0.5) is 0 Å². The fourth-order valence-corrected chi connectivity index (χ4v) is 8.22. The van der Waals surface area contributed by atoms with Crippen LogP contribution in [0.2, 0.25) is 0 Å². The number of carbonyl (C=O) groups is 4. The molecular formula is C51H65LiN8O15. The number of benzene rings is 2. The van der Waals surface area contributed by atoms with E-state index in [0.717, 1.165) is 50.6 Å². The number of carbonyl (C=O) groups excluding carboxylic acids is 3. The molecule has 2 aromatic carbocycles. The summed E-state index contributed by atoms with van der Waals surface area (Å²) in [5.41, 5.74) is 8.21. The Labute approximate surface area is 444 Å². The van der Waals surface area contributed by atoms with Crippen molar-refractivity contribution in [1.29, 1.82) is 0 Å². The standard InChI is InChI=1S/C26H32N4O4.C25H30N4O4.Li.H2O4.O2.H2O/c1-16(2)13-22(30-12-7-6-11-23(30)31)26(33)27-21(15-24(32)34-5)19-9-8-10-20(14-19)25-17(3)28-29-18(25)4;1-15(2)12-21(29-11-6-5-10-22(29)30)25(33)26-20(14-23(31)32)18-8-7-9-19(13-18)24-16(3)27-28-17(24)4;;1-3-4-2;1-2;/h6-12,14,16,21-22H,13,15H2,1-5H3,(H,27,33)(H,28,29);5-11,13,15,20-21H,12,14H2,1-4H3,(H,26,33)(H,27,28)(H,31,32);;1-2H;;1H2/q;;+1;;;/p-1/t21-,22?;;;;;/m0...../s1. The summed E-state index contributed by atoms with van der Waals surface area (Å²) in [6, 6.07) is 21.9. The molecule has 0 fully saturated rings. The number of aliphatic carboxylic acids is 1. The molecule has 23 nitrogen and oxygen atoms in total. The van der Waals surface area contributed by atoms with Crippen LogP contribution in [0.3, 0.4) is 0 Å². The molecule has 8 N–H and O–H groups in total. The van der Waals surface area contributed by atoms with E-state index in [2.05, 4.69) is 41.1 Å². The molecule has 0 aliphatic rings. The SMILES string of the molecule is COC(=O)C[C@H](NC(=O)C(CC(C)C)n1ccccc1=O)c1cccc(-c2c(C)n[nH]c2C)c1.Cc1n[nH]c(C)c1-c1cccc(C(CC(=O)O)NC(=O)C(CC(C)C)n2ccccc2=O)c1.O=O.OOOO.[Li+].[OH-]. The molecule has 3 unspecified atom stereocenters. The van der Waals surface area contributed by atoms with Crippen LogP contribution < -0.4 is 40.6 Å². The van der Waals surface area contributed by atoms with Gasteiger partial charge in [-0.05, 0) is 109 Å². The van der Waals surface area contributed by atoms with E-state index in [1.54, 1.807) is 42.7 Å². The molecule has 6 rings (SSSR count). The zero-order valence-corrected chi connectivity index (χ0v) is 43.6. The third-order valence-corrected chi connectivity index (χ3v) is 11.4. The van der Waals surface area contributed by atoms with Crippen molar-refractivity contribution in [2.75, 3.05) is 7.11 Å². The van der Waals surface area contributed by atoms with Crippen LogP contribution in [0.25, 0.3) is 22.3 Å². The molecule has 0 bridgehead atoms. The Morgan fingerprint density at radius 3 is 1.32 bits per heavy atom. The first-order valence-electron chi connectivity index (χ1n) is 23.1. The number of carboxylic acids is 1. The molecule has 0 saturated carbocycles. The predicted molar refractivity (Wildman–Crippen MR) is 272 cm³/mol. The number of hydrogen-bond donors (Lipinski definition) is 7. The molecule has 4 aromatic heterocycles. The molecule has 6 aromatic rings. The van der Waals surface area contributed by atoms with Crippen molar-refractivity contribution in [3.63, 3.8) is 0 Å². The van der Waals surface area contributed by atoms with E-state index in [9.17, 15) is 33.9 Å². The second-order valence-electron chi connectivity index (χ2n) is 17.7. The molecule has 4 heterocycles. The fourth-order valence-electron chi connectivity index (χ4n) is 8.22. The molecular weight excluding hydrogens is 972 g/mol. The van der Waals surface area contributed by atoms with Crippen molar-refractivity contribution in [1.82, 2.24) is 40.2 Å². The number of methoxy groups -OCH3 is 1. The van der Waals surface area contributed by atoms with Crippen LogP contribution in [-0.4, -0.2) is 81.5 Å². The minimum Gasteiger partial charge on any atom is -0.870 e. The molecule has 0 aliphatic heterocycles. The monoisotopic (exact) mass is 1040 g/mol. The minimum absolute atomic E-state index is 0. The molecule has 75 heavy (non-hydrogen) atoms. The van der Waals surface area contributed by atoms with Crippen LogP contribution in [0.15, 0.2) is 107 Å². The maximum absolute atomic E-state index is 13.5. The fraction of sp³-hybridized carbons (Fsp3) is 0.373. The average Bonchev–Trinajstić information content (AvgIpc) is 3.90. The number of aromatic nitrogens is 6. The van der Waals surface area contributed by atoms with Gasteiger partial charge in [0.25, 0.3) is 11.1 Å². The summed E-state index contributed by atoms with van der Waals surface area (Å²) in [4.78, 5) is 89.5. The van der Waals surface area contributed by atoms with Crippen LogP contribution in [0.5, 0.6) is 0 Å². The number of H-pyrrole nitrogens is 2. The molecule has 4 atom stereocenters. The smallest absolute Gasteiger partial charge is 0.870 e. The van der Waals surface area contributed by atoms with Gasteiger partial charge in [0.15, 0.2) is 0 Å². The van der Waals surface area contributed by atoms with E-state index in [4.69, 9.17) is 25.2 Å². The number of ether oxygens (including phenoxy) is 1. The maximum Gasteiger partial charge on any atom is 1.00 e. The molecule has 0 spiro atoms. The second-order valence-corrected chi connectivity index (χ2v) is 17.7. The van der Waals surface area contributed by atoms with Crippen molar-refractivity contribution in [2.24, 2.45) is 11.8 Å². The van der Waals surface area contributed by atoms with Gasteiger partial charge in [0, 0.05) is 57.0 Å². The topological polar surface area (TPSA) is 346 Å². The number of amides is 2. The molecule has 0 aliphatic carbocycles. The summed E-state index contributed by atoms with van der Waals surface area (Å²) < 4.78 is 7.74. The molecule has 0 radical (unpaired) electrons. The number of nitrogens with zero attached hydrogens (tertiary/aromatic N) is 4. The summed E-state index contributed by atoms with van der Waals surface area (Å²) in [5.74, 6) is -1.85. The van der Waals surface area contributed by atoms with Crippen molar-refractivity contribution >= 4 is 23.8 Å². The number of nitrogens with one attached hydrogen (secondary N) is 4. The Bertz CT molecular complexity index is 2820. The van der Waals surface area contributed by atoms with Gasteiger partial charge in [0.2, 0.25) is 11.8 Å². The van der Waals surface area contributed by atoms with Gasteiger partial charge in [-0.3, -0.25) is 39.0 Å². The van der Waals surface area contributed by atoms with Crippen molar-refractivity contribution < 1.29 is 73.9 Å². The number of hydrogen-bond acceptors (Lipinski definition) is 16. The molecule has 400 valence electrons. The van der Waals surface area contributed by atoms with E-state index in [-0.39, 0.29) is 71.9 Å². The van der Waals surface area contributed by atoms with Gasteiger partial charge in [0.05, 0.1) is 43.4 Å². The first-order chi connectivity index (χ1) is 34.8. The Morgan fingerprint density at radius 2 is 1.01 bits per heavy atom. The van der Waals surface area contributed by atoms with Crippen molar-refractivity contribution in [3.05, 3.63) is 162 Å². The van der Waals surface area contributed by atoms with Crippen LogP contribution >= 0.6 is 0 Å². The first-order valence-corrected chi connectivity index (χ1v) is 23.1. The maximum atomic E-state index is 13.5. The number of carboxylic acid groups (broad SMARTS) is 1. The minimum atomic E-state index is -1.03. The molecule has 24 heteroatoms. The molecule has 0 saturated heterocycles. The average molecular weight is 1040 g/mol. The summed E-state index contributed by atoms with van der Waals surface area (Å²) in [7, 11) is 1.32. The first kappa shape index (κ1) is 65.7. The zero-order chi connectivity index (χ0) is 54.4. The van der Waals surface area contributed by atoms with E-state index in [1.165, 1.54) is 28.4 Å². The Hall–Kier alpha value is -7.36. The Balaban J connectivity index is 0.000000663. The van der Waals surface area contributed by atoms with Crippen molar-refractivity contribution in [3.8, 4) is 22.3 Å². The Morgan fingerprint density at radius 1 is 0.627 bits per heavy atom. The number of aromatic amines is 2. The van der Waals surface area contributed by atoms with Gasteiger partial charge < -0.3 is 35.1 Å². The van der Waals surface area contributed by atoms with Crippen molar-refractivity contribution in [2.45, 2.75) is 105 Å². The quantitative estimate of drug-likeness (QED) is 0.0256. The van der Waals surface area contributed by atoms with Crippen LogP contribution in [-0.2, 0) is 34.0 Å². The van der Waals surface area contributed by atoms with E-state index in [1.807, 2.05) is 97.9 Å². The van der Waals surface area contributed by atoms with Crippen LogP contribution in [0.1, 0.15) is 111 Å². The molecule has 2 amide bonds. The Kier molecular flexibility index (Phi) is 28.7. The van der Waals surface area contributed by atoms with Gasteiger partial charge >= 0.3 is 30.8 Å². The summed E-state index contributed by atoms with van der Waals surface area (Å²) >= 11 is 0. The van der Waals surface area contributed by atoms with E-state index >= 15 is 0 Å². The summed E-state index contributed by atoms with van der Waals surface area (Å²) in [5, 5.41) is 48.9. The second kappa shape index (κ2) is 32.7. The number of rotatable bonds is 19. The third kappa shape index (κ3) is 19.5. The number of pyridine rings is 2. The zero-order valence-electron chi connectivity index (χ0n) is 43.6. The normalized spacial score (nSPS) is 12.0. The summed E-state index contributed by atoms with van der Waals surface area (Å²) in [6.07, 6.45) is 3.82. The van der Waals surface area contributed by atoms with Crippen LogP contribution in [0, 0.1) is 49.5 Å². The van der Waals surface area contributed by atoms with Gasteiger partial charge in [0.1, 0.15) is 12.1 Å². The van der Waals surface area contributed by atoms with Gasteiger partial charge in [-0.1, -0.05) is 76.2 Å². The van der Waals surface area contributed by atoms with Gasteiger partial charge in [-0.25, -0.2) is 10.5 Å². The van der Waals surface area contributed by atoms with E-state index < -0.39 is 36.1 Å². The van der Waals surface area contributed by atoms with E-state index in [0.29, 0.717) is 18.4 Å². The summed E-state index contributed by atoms with van der Waals surface area (Å²) in [6.45, 7) is 15.6. The van der Waals surface area contributed by atoms with Gasteiger partial charge in [-0.2, -0.15) is 10.2 Å². The largest absolute Gasteiger partial charge is 1.00 e.